The molecule has 0 aliphatic carbocycles. The van der Waals surface area contributed by atoms with E-state index in [2.05, 4.69) is 0 Å². The molecule has 1 saturated heterocycles. The van der Waals surface area contributed by atoms with Crippen molar-refractivity contribution in [2.24, 2.45) is 0 Å². The minimum atomic E-state index is -3.09. The van der Waals surface area contributed by atoms with Crippen molar-refractivity contribution in [1.82, 2.24) is 4.90 Å². The molecule has 0 bridgehead atoms. The van der Waals surface area contributed by atoms with Crippen LogP contribution in [0.25, 0.3) is 6.08 Å². The molecule has 21 heavy (non-hydrogen) atoms. The van der Waals surface area contributed by atoms with E-state index in [1.165, 1.54) is 17.6 Å². The van der Waals surface area contributed by atoms with Crippen LogP contribution in [0.4, 0.5) is 0 Å². The van der Waals surface area contributed by atoms with Gasteiger partial charge in [0, 0.05) is 41.8 Å². The number of thioether (sulfide) groups is 1. The number of carboxylic acid groups (broad SMARTS) is 1. The van der Waals surface area contributed by atoms with E-state index in [0.29, 0.717) is 12.3 Å². The maximum atomic E-state index is 11.8. The third-order valence-electron chi connectivity index (χ3n) is 3.14. The first-order valence-corrected chi connectivity index (χ1v) is 10.3. The number of carboxylic acids is 1. The van der Waals surface area contributed by atoms with Crippen LogP contribution < -0.4 is 0 Å². The summed E-state index contributed by atoms with van der Waals surface area (Å²) < 4.78 is 23.7. The fraction of sp³-hybridized carbons (Fsp3) is 0.462. The van der Waals surface area contributed by atoms with E-state index in [1.807, 2.05) is 16.3 Å². The molecule has 116 valence electrons. The maximum Gasteiger partial charge on any atom is 0.328 e. The summed E-state index contributed by atoms with van der Waals surface area (Å²) >= 11 is 3.19. The minimum absolute atomic E-state index is 0.434. The quantitative estimate of drug-likeness (QED) is 0.818. The first-order valence-electron chi connectivity index (χ1n) is 6.35. The van der Waals surface area contributed by atoms with Crippen LogP contribution in [0.15, 0.2) is 17.5 Å². The van der Waals surface area contributed by atoms with Gasteiger partial charge in [0.2, 0.25) is 0 Å². The Labute approximate surface area is 132 Å². The second kappa shape index (κ2) is 6.95. The van der Waals surface area contributed by atoms with Crippen molar-refractivity contribution in [3.8, 4) is 0 Å². The molecule has 1 N–H and O–H groups in total. The second-order valence-corrected chi connectivity index (χ2v) is 9.20. The lowest BCUT2D eigenvalue weighted by Gasteiger charge is -2.33. The van der Waals surface area contributed by atoms with Crippen LogP contribution in [0.3, 0.4) is 0 Å². The molecule has 1 aromatic heterocycles. The van der Waals surface area contributed by atoms with Crippen LogP contribution in [0, 0.1) is 0 Å². The number of rotatable bonds is 5. The molecule has 0 saturated carbocycles. The lowest BCUT2D eigenvalue weighted by molar-refractivity contribution is -0.131. The molecule has 1 fully saturated rings. The Kier molecular flexibility index (Phi) is 5.48. The van der Waals surface area contributed by atoms with Gasteiger partial charge in [-0.2, -0.15) is 11.8 Å². The molecule has 0 aromatic carbocycles. The normalized spacial score (nSPS) is 20.9. The Morgan fingerprint density at radius 3 is 3.00 bits per heavy atom. The van der Waals surface area contributed by atoms with Crippen molar-refractivity contribution in [3.63, 3.8) is 0 Å². The highest BCUT2D eigenvalue weighted by Gasteiger charge is 2.30. The zero-order valence-electron chi connectivity index (χ0n) is 11.6. The van der Waals surface area contributed by atoms with Crippen molar-refractivity contribution < 1.29 is 18.3 Å². The molecule has 1 unspecified atom stereocenters. The fourth-order valence-electron chi connectivity index (χ4n) is 2.13. The minimum Gasteiger partial charge on any atom is -0.478 e. The molecule has 8 heteroatoms. The van der Waals surface area contributed by atoms with Crippen LogP contribution in [-0.2, 0) is 21.2 Å². The maximum absolute atomic E-state index is 11.8. The first-order chi connectivity index (χ1) is 9.86. The molecule has 1 atom stereocenters. The Bertz CT molecular complexity index is 636. The topological polar surface area (TPSA) is 74.7 Å². The van der Waals surface area contributed by atoms with Gasteiger partial charge in [-0.15, -0.1) is 11.3 Å². The fourth-order valence-corrected chi connectivity index (χ4v) is 5.95. The molecule has 2 heterocycles. The number of nitrogens with zero attached hydrogens (tertiary/aromatic N) is 1. The van der Waals surface area contributed by atoms with Gasteiger partial charge in [-0.05, 0) is 23.1 Å². The van der Waals surface area contributed by atoms with E-state index in [-0.39, 0.29) is 0 Å². The summed E-state index contributed by atoms with van der Waals surface area (Å²) in [5.41, 5.74) is 0.833. The molecule has 1 aliphatic heterocycles. The molecule has 0 spiro atoms. The Morgan fingerprint density at radius 1 is 1.57 bits per heavy atom. The van der Waals surface area contributed by atoms with Crippen LogP contribution in [0.2, 0.25) is 0 Å². The molecule has 0 amide bonds. The number of sulfone groups is 1. The average molecular weight is 347 g/mol. The molecule has 1 aliphatic rings. The summed E-state index contributed by atoms with van der Waals surface area (Å²) in [7, 11) is -3.09. The van der Waals surface area contributed by atoms with E-state index in [4.69, 9.17) is 5.11 Å². The Morgan fingerprint density at radius 2 is 2.33 bits per heavy atom. The lowest BCUT2D eigenvalue weighted by Crippen LogP contribution is -2.46. The highest BCUT2D eigenvalue weighted by atomic mass is 32.2. The molecular weight excluding hydrogens is 330 g/mol. The van der Waals surface area contributed by atoms with Crippen LogP contribution >= 0.6 is 23.1 Å². The monoisotopic (exact) mass is 347 g/mol. The third kappa shape index (κ3) is 4.84. The number of hydrogen-bond donors (Lipinski definition) is 1. The van der Waals surface area contributed by atoms with E-state index < -0.39 is 21.2 Å². The molecular formula is C13H17NO4S3. The van der Waals surface area contributed by atoms with E-state index >= 15 is 0 Å². The van der Waals surface area contributed by atoms with Gasteiger partial charge in [0.15, 0.2) is 9.84 Å². The van der Waals surface area contributed by atoms with Gasteiger partial charge in [0.1, 0.15) is 5.37 Å². The largest absolute Gasteiger partial charge is 0.478 e. The summed E-state index contributed by atoms with van der Waals surface area (Å²) in [5.74, 6) is 0.562. The number of carbonyl (C=O) groups is 1. The average Bonchev–Trinajstić information content (AvgIpc) is 2.83. The molecule has 1 aromatic rings. The smallest absolute Gasteiger partial charge is 0.328 e. The van der Waals surface area contributed by atoms with Crippen molar-refractivity contribution in [2.75, 3.05) is 24.3 Å². The van der Waals surface area contributed by atoms with Crippen LogP contribution in [0.5, 0.6) is 0 Å². The summed E-state index contributed by atoms with van der Waals surface area (Å²) in [4.78, 5) is 13.5. The van der Waals surface area contributed by atoms with Crippen molar-refractivity contribution >= 4 is 45.0 Å². The number of aliphatic carboxylic acids is 1. The predicted octanol–water partition coefficient (Wildman–Crippen LogP) is 1.77. The van der Waals surface area contributed by atoms with Crippen molar-refractivity contribution in [3.05, 3.63) is 28.0 Å². The zero-order valence-corrected chi connectivity index (χ0v) is 14.0. The van der Waals surface area contributed by atoms with Gasteiger partial charge in [0.25, 0.3) is 0 Å². The van der Waals surface area contributed by atoms with Gasteiger partial charge in [0.05, 0.1) is 0 Å². The standard InChI is InChI=1S/C13H17NO4S3/c1-21(17,18)12-9-19-5-4-14(12)7-11-6-10(8-20-11)2-3-13(15)16/h2-3,6,8,12H,4-5,7,9H2,1H3,(H,15,16). The summed E-state index contributed by atoms with van der Waals surface area (Å²) in [6, 6.07) is 1.91. The number of hydrogen-bond acceptors (Lipinski definition) is 6. The summed E-state index contributed by atoms with van der Waals surface area (Å²) in [6.07, 6.45) is 3.93. The summed E-state index contributed by atoms with van der Waals surface area (Å²) in [5, 5.41) is 10.1. The summed E-state index contributed by atoms with van der Waals surface area (Å²) in [6.45, 7) is 1.34. The number of thiophene rings is 1. The van der Waals surface area contributed by atoms with E-state index in [0.717, 1.165) is 28.8 Å². The predicted molar refractivity (Wildman–Crippen MR) is 87.4 cm³/mol. The van der Waals surface area contributed by atoms with Gasteiger partial charge < -0.3 is 5.11 Å². The van der Waals surface area contributed by atoms with Crippen molar-refractivity contribution in [2.45, 2.75) is 11.9 Å². The van der Waals surface area contributed by atoms with Gasteiger partial charge in [-0.25, -0.2) is 13.2 Å². The lowest BCUT2D eigenvalue weighted by atomic mass is 10.2. The zero-order chi connectivity index (χ0) is 15.5. The van der Waals surface area contributed by atoms with E-state index in [9.17, 15) is 13.2 Å². The van der Waals surface area contributed by atoms with Gasteiger partial charge >= 0.3 is 5.97 Å². The molecule has 0 radical (unpaired) electrons. The SMILES string of the molecule is CS(=O)(=O)C1CSCCN1Cc1cc(C=CC(=O)O)cs1. The first kappa shape index (κ1) is 16.5. The third-order valence-corrected chi connectivity index (χ3v) is 6.76. The van der Waals surface area contributed by atoms with E-state index in [1.54, 1.807) is 17.8 Å². The Hall–Kier alpha value is -0.830. The second-order valence-electron chi connectivity index (χ2n) is 4.85. The Balaban J connectivity index is 2.08. The van der Waals surface area contributed by atoms with Crippen LogP contribution in [0.1, 0.15) is 10.4 Å². The highest BCUT2D eigenvalue weighted by molar-refractivity contribution is 8.00. The van der Waals surface area contributed by atoms with Crippen LogP contribution in [-0.4, -0.2) is 54.1 Å². The molecule has 2 rings (SSSR count). The van der Waals surface area contributed by atoms with Gasteiger partial charge in [-0.3, -0.25) is 4.90 Å². The van der Waals surface area contributed by atoms with Gasteiger partial charge in [-0.1, -0.05) is 0 Å². The highest BCUT2D eigenvalue weighted by Crippen LogP contribution is 2.25. The molecule has 5 nitrogen and oxygen atoms in total. The van der Waals surface area contributed by atoms with Crippen molar-refractivity contribution in [1.29, 1.82) is 0 Å².